The van der Waals surface area contributed by atoms with Crippen molar-refractivity contribution < 1.29 is 14.0 Å². The minimum atomic E-state index is -0.278. The van der Waals surface area contributed by atoms with Crippen molar-refractivity contribution in [1.82, 2.24) is 19.7 Å². The molecule has 4 aromatic rings. The Morgan fingerprint density at radius 3 is 2.78 bits per heavy atom. The van der Waals surface area contributed by atoms with Crippen LogP contribution in [-0.4, -0.2) is 37.3 Å². The highest BCUT2D eigenvalue weighted by Crippen LogP contribution is 2.40. The van der Waals surface area contributed by atoms with E-state index in [0.29, 0.717) is 33.6 Å². The van der Waals surface area contributed by atoms with Crippen LogP contribution < -0.4 is 10.6 Å². The van der Waals surface area contributed by atoms with Gasteiger partial charge in [0.05, 0.1) is 5.75 Å². The monoisotopic (exact) mass is 448 g/mol. The number of amides is 2. The Bertz CT molecular complexity index is 1310. The molecule has 9 nitrogen and oxygen atoms in total. The van der Waals surface area contributed by atoms with Crippen LogP contribution in [0.25, 0.3) is 11.1 Å². The number of hydrogen-bond donors (Lipinski definition) is 2. The number of nitrogens with one attached hydrogen (secondary N) is 2. The molecule has 10 heteroatoms. The topological polar surface area (TPSA) is 115 Å². The maximum Gasteiger partial charge on any atom is 0.255 e. The van der Waals surface area contributed by atoms with Crippen molar-refractivity contribution in [3.8, 4) is 0 Å². The minimum Gasteiger partial charge on any atom is -0.440 e. The van der Waals surface area contributed by atoms with Gasteiger partial charge in [-0.3, -0.25) is 9.59 Å². The summed E-state index contributed by atoms with van der Waals surface area (Å²) in [5.74, 6) is 0.906. The van der Waals surface area contributed by atoms with Crippen LogP contribution in [0.5, 0.6) is 0 Å². The van der Waals surface area contributed by atoms with Gasteiger partial charge in [-0.1, -0.05) is 17.8 Å². The number of hydrogen-bond acceptors (Lipinski definition) is 7. The van der Waals surface area contributed by atoms with Crippen LogP contribution in [0.2, 0.25) is 0 Å². The van der Waals surface area contributed by atoms with Gasteiger partial charge in [0, 0.05) is 29.9 Å². The number of oxazole rings is 1. The van der Waals surface area contributed by atoms with Gasteiger partial charge in [0.25, 0.3) is 5.91 Å². The van der Waals surface area contributed by atoms with Gasteiger partial charge in [-0.15, -0.1) is 10.2 Å². The molecule has 0 spiro atoms. The summed E-state index contributed by atoms with van der Waals surface area (Å²) in [6, 6.07) is 12.2. The Kier molecular flexibility index (Phi) is 5.36. The summed E-state index contributed by atoms with van der Waals surface area (Å²) in [6.45, 7) is 0. The summed E-state index contributed by atoms with van der Waals surface area (Å²) in [5.41, 5.74) is 3.05. The molecule has 162 valence electrons. The molecule has 0 saturated heterocycles. The molecule has 2 heterocycles. The van der Waals surface area contributed by atoms with E-state index in [4.69, 9.17) is 4.42 Å². The van der Waals surface area contributed by atoms with Crippen LogP contribution in [-0.2, 0) is 11.8 Å². The zero-order chi connectivity index (χ0) is 22.1. The fourth-order valence-corrected chi connectivity index (χ4v) is 3.89. The van der Waals surface area contributed by atoms with E-state index < -0.39 is 0 Å². The molecule has 2 amide bonds. The van der Waals surface area contributed by atoms with Gasteiger partial charge < -0.3 is 19.6 Å². The lowest BCUT2D eigenvalue weighted by atomic mass is 10.1. The van der Waals surface area contributed by atoms with Crippen molar-refractivity contribution in [1.29, 1.82) is 0 Å². The molecule has 0 atom stereocenters. The number of benzene rings is 2. The third kappa shape index (κ3) is 4.50. The normalized spacial score (nSPS) is 13.3. The Balaban J connectivity index is 1.22. The maximum atomic E-state index is 12.7. The summed E-state index contributed by atoms with van der Waals surface area (Å²) in [5, 5.41) is 14.1. The maximum absolute atomic E-state index is 12.7. The number of aryl methyl sites for hydroxylation is 1. The average Bonchev–Trinajstić information content (AvgIpc) is 3.42. The van der Waals surface area contributed by atoms with Crippen molar-refractivity contribution in [2.75, 3.05) is 16.4 Å². The van der Waals surface area contributed by atoms with Gasteiger partial charge in [0.15, 0.2) is 16.6 Å². The second kappa shape index (κ2) is 8.46. The first kappa shape index (κ1) is 20.3. The smallest absolute Gasteiger partial charge is 0.255 e. The molecule has 1 aliphatic carbocycles. The summed E-state index contributed by atoms with van der Waals surface area (Å²) in [4.78, 5) is 29.5. The average molecular weight is 449 g/mol. The first-order valence-electron chi connectivity index (χ1n) is 10.1. The number of fused-ring (bicyclic) bond motifs is 1. The van der Waals surface area contributed by atoms with Gasteiger partial charge in [-0.25, -0.2) is 4.98 Å². The van der Waals surface area contributed by atoms with Crippen LogP contribution in [0.3, 0.4) is 0 Å². The predicted octanol–water partition coefficient (Wildman–Crippen LogP) is 3.82. The highest BCUT2D eigenvalue weighted by Gasteiger charge is 2.28. The fraction of sp³-hybridized carbons (Fsp3) is 0.227. The van der Waals surface area contributed by atoms with Crippen molar-refractivity contribution in [2.45, 2.75) is 23.9 Å². The molecule has 1 aliphatic rings. The number of carbonyl (C=O) groups excluding carboxylic acids is 2. The van der Waals surface area contributed by atoms with Crippen molar-refractivity contribution in [2.24, 2.45) is 7.05 Å². The Hall–Kier alpha value is -3.66. The number of nitrogens with zero attached hydrogens (tertiary/aromatic N) is 4. The van der Waals surface area contributed by atoms with Gasteiger partial charge >= 0.3 is 0 Å². The number of thioether (sulfide) groups is 1. The molecular weight excluding hydrogens is 428 g/mol. The van der Waals surface area contributed by atoms with Crippen LogP contribution in [0.1, 0.15) is 35.0 Å². The van der Waals surface area contributed by atoms with Crippen LogP contribution in [0.4, 0.5) is 11.4 Å². The van der Waals surface area contributed by atoms with Gasteiger partial charge in [-0.05, 0) is 49.2 Å². The largest absolute Gasteiger partial charge is 0.440 e. The van der Waals surface area contributed by atoms with Crippen LogP contribution in [0.15, 0.2) is 58.4 Å². The lowest BCUT2D eigenvalue weighted by Crippen LogP contribution is -2.16. The molecule has 5 rings (SSSR count). The van der Waals surface area contributed by atoms with E-state index in [1.54, 1.807) is 47.3 Å². The molecule has 2 aromatic heterocycles. The molecule has 2 aromatic carbocycles. The van der Waals surface area contributed by atoms with E-state index in [1.807, 2.05) is 13.1 Å². The lowest BCUT2D eigenvalue weighted by molar-refractivity contribution is -0.113. The third-order valence-electron chi connectivity index (χ3n) is 5.00. The molecular formula is C22H20N6O3S. The van der Waals surface area contributed by atoms with Crippen LogP contribution >= 0.6 is 11.8 Å². The Morgan fingerprint density at radius 2 is 2.00 bits per heavy atom. The number of aromatic nitrogens is 4. The zero-order valence-electron chi connectivity index (χ0n) is 17.2. The molecule has 0 bridgehead atoms. The van der Waals surface area contributed by atoms with E-state index in [2.05, 4.69) is 25.8 Å². The second-order valence-corrected chi connectivity index (χ2v) is 8.55. The Labute approximate surface area is 187 Å². The first-order chi connectivity index (χ1) is 15.5. The molecule has 32 heavy (non-hydrogen) atoms. The molecule has 0 radical (unpaired) electrons. The predicted molar refractivity (Wildman–Crippen MR) is 121 cm³/mol. The second-order valence-electron chi connectivity index (χ2n) is 7.61. The minimum absolute atomic E-state index is 0.184. The summed E-state index contributed by atoms with van der Waals surface area (Å²) >= 11 is 1.29. The molecule has 1 fully saturated rings. The van der Waals surface area contributed by atoms with Crippen molar-refractivity contribution >= 4 is 46.1 Å². The lowest BCUT2D eigenvalue weighted by Gasteiger charge is -2.08. The standard InChI is InChI=1S/C22H20N6O3S/c1-28-12-23-27-22(28)32-11-19(29)24-15-4-2-3-14(9-15)20(30)25-16-7-8-18-17(10-16)26-21(31-18)13-5-6-13/h2-4,7-10,12-13H,5-6,11H2,1H3,(H,24,29)(H,25,30). The molecule has 2 N–H and O–H groups in total. The van der Waals surface area contributed by atoms with Crippen LogP contribution in [0, 0.1) is 0 Å². The van der Waals surface area contributed by atoms with E-state index in [1.165, 1.54) is 11.8 Å². The van der Waals surface area contributed by atoms with E-state index in [9.17, 15) is 9.59 Å². The van der Waals surface area contributed by atoms with Gasteiger partial charge in [0.2, 0.25) is 5.91 Å². The highest BCUT2D eigenvalue weighted by atomic mass is 32.2. The summed E-state index contributed by atoms with van der Waals surface area (Å²) in [6.07, 6.45) is 3.80. The van der Waals surface area contributed by atoms with Crippen molar-refractivity contribution in [3.05, 3.63) is 60.2 Å². The molecule has 0 aliphatic heterocycles. The van der Waals surface area contributed by atoms with Gasteiger partial charge in [-0.2, -0.15) is 0 Å². The SMILES string of the molecule is Cn1cnnc1SCC(=O)Nc1cccc(C(=O)Nc2ccc3oc(C4CC4)nc3c2)c1. The first-order valence-corrected chi connectivity index (χ1v) is 11.1. The van der Waals surface area contributed by atoms with Gasteiger partial charge in [0.1, 0.15) is 11.8 Å². The van der Waals surface area contributed by atoms with E-state index in [-0.39, 0.29) is 17.6 Å². The zero-order valence-corrected chi connectivity index (χ0v) is 18.1. The quantitative estimate of drug-likeness (QED) is 0.413. The van der Waals surface area contributed by atoms with Crippen molar-refractivity contribution in [3.63, 3.8) is 0 Å². The third-order valence-corrected chi connectivity index (χ3v) is 6.03. The number of carbonyl (C=O) groups is 2. The molecule has 1 saturated carbocycles. The summed E-state index contributed by atoms with van der Waals surface area (Å²) in [7, 11) is 1.81. The summed E-state index contributed by atoms with van der Waals surface area (Å²) < 4.78 is 7.51. The number of rotatable bonds is 7. The highest BCUT2D eigenvalue weighted by molar-refractivity contribution is 7.99. The molecule has 0 unspecified atom stereocenters. The fourth-order valence-electron chi connectivity index (χ4n) is 3.20. The Morgan fingerprint density at radius 1 is 1.16 bits per heavy atom. The van der Waals surface area contributed by atoms with E-state index >= 15 is 0 Å². The van der Waals surface area contributed by atoms with E-state index in [0.717, 1.165) is 24.2 Å². The number of anilines is 2.